The van der Waals surface area contributed by atoms with Crippen molar-refractivity contribution in [2.45, 2.75) is 20.8 Å². The zero-order valence-electron chi connectivity index (χ0n) is 7.98. The van der Waals surface area contributed by atoms with Gasteiger partial charge in [0.1, 0.15) is 11.6 Å². The highest BCUT2D eigenvalue weighted by Gasteiger charge is 2.00. The molecule has 1 aromatic rings. The molecule has 0 aliphatic rings. The molecule has 0 saturated carbocycles. The van der Waals surface area contributed by atoms with E-state index < -0.39 is 0 Å². The first-order valence-corrected chi connectivity index (χ1v) is 4.04. The van der Waals surface area contributed by atoms with E-state index in [0.29, 0.717) is 11.4 Å². The molecule has 0 spiro atoms. The van der Waals surface area contributed by atoms with Crippen molar-refractivity contribution in [3.05, 3.63) is 23.6 Å². The van der Waals surface area contributed by atoms with E-state index >= 15 is 0 Å². The summed E-state index contributed by atoms with van der Waals surface area (Å²) >= 11 is 0. The molecule has 0 atom stereocenters. The van der Waals surface area contributed by atoms with Gasteiger partial charge in [0, 0.05) is 18.8 Å². The molecular weight excluding hydrogens is 155 g/mol. The third kappa shape index (κ3) is 2.49. The van der Waals surface area contributed by atoms with Crippen LogP contribution in [0.1, 0.15) is 19.4 Å². The van der Waals surface area contributed by atoms with Crippen molar-refractivity contribution in [1.29, 1.82) is 0 Å². The lowest BCUT2D eigenvalue weighted by Crippen LogP contribution is -1.96. The molecule has 0 radical (unpaired) electrons. The van der Waals surface area contributed by atoms with Gasteiger partial charge in [-0.1, -0.05) is 13.8 Å². The van der Waals surface area contributed by atoms with Crippen LogP contribution in [0, 0.1) is 12.7 Å². The topological polar surface area (TPSA) is 24.9 Å². The highest BCUT2D eigenvalue weighted by atomic mass is 19.1. The van der Waals surface area contributed by atoms with Crippen molar-refractivity contribution in [3.8, 4) is 0 Å². The molecule has 1 N–H and O–H groups in total. The lowest BCUT2D eigenvalue weighted by atomic mass is 10.3. The van der Waals surface area contributed by atoms with Crippen LogP contribution in [0.2, 0.25) is 0 Å². The van der Waals surface area contributed by atoms with E-state index in [4.69, 9.17) is 0 Å². The molecule has 1 heterocycles. The monoisotopic (exact) mass is 170 g/mol. The molecule has 0 saturated heterocycles. The highest BCUT2D eigenvalue weighted by molar-refractivity contribution is 5.42. The minimum atomic E-state index is -0.223. The second kappa shape index (κ2) is 5.52. The second-order valence-corrected chi connectivity index (χ2v) is 2.02. The Morgan fingerprint density at radius 3 is 2.42 bits per heavy atom. The summed E-state index contributed by atoms with van der Waals surface area (Å²) in [5.74, 6) is 0.374. The average Bonchev–Trinajstić information content (AvgIpc) is 2.13. The van der Waals surface area contributed by atoms with Crippen LogP contribution >= 0.6 is 0 Å². The summed E-state index contributed by atoms with van der Waals surface area (Å²) in [5, 5.41) is 2.78. The molecule has 0 aromatic carbocycles. The van der Waals surface area contributed by atoms with Crippen LogP contribution in [0.3, 0.4) is 0 Å². The van der Waals surface area contributed by atoms with Gasteiger partial charge in [-0.05, 0) is 13.0 Å². The van der Waals surface area contributed by atoms with E-state index in [9.17, 15) is 4.39 Å². The smallest absolute Gasteiger partial charge is 0.131 e. The number of aromatic nitrogens is 1. The largest absolute Gasteiger partial charge is 0.373 e. The predicted molar refractivity (Wildman–Crippen MR) is 49.8 cm³/mol. The lowest BCUT2D eigenvalue weighted by Gasteiger charge is -2.02. The van der Waals surface area contributed by atoms with Crippen molar-refractivity contribution in [1.82, 2.24) is 4.98 Å². The van der Waals surface area contributed by atoms with Gasteiger partial charge in [0.05, 0.1) is 0 Å². The van der Waals surface area contributed by atoms with Crippen molar-refractivity contribution >= 4 is 5.82 Å². The fourth-order valence-electron chi connectivity index (χ4n) is 0.764. The molecule has 68 valence electrons. The molecule has 0 fully saturated rings. The van der Waals surface area contributed by atoms with Crippen LogP contribution in [0.4, 0.5) is 10.2 Å². The van der Waals surface area contributed by atoms with Crippen LogP contribution in [0.15, 0.2) is 12.3 Å². The highest BCUT2D eigenvalue weighted by Crippen LogP contribution is 2.12. The molecular formula is C9H15FN2. The number of halogens is 1. The summed E-state index contributed by atoms with van der Waals surface area (Å²) in [5.41, 5.74) is 0.560. The fraction of sp³-hybridized carbons (Fsp3) is 0.444. The van der Waals surface area contributed by atoms with Crippen molar-refractivity contribution in [2.75, 3.05) is 12.4 Å². The van der Waals surface area contributed by atoms with Gasteiger partial charge in [0.25, 0.3) is 0 Å². The normalized spacial score (nSPS) is 8.42. The van der Waals surface area contributed by atoms with E-state index in [2.05, 4.69) is 10.3 Å². The number of nitrogens with one attached hydrogen (secondary N) is 1. The average molecular weight is 170 g/mol. The third-order valence-electron chi connectivity index (χ3n) is 1.37. The number of pyridine rings is 1. The third-order valence-corrected chi connectivity index (χ3v) is 1.37. The Morgan fingerprint density at radius 2 is 2.00 bits per heavy atom. The molecule has 1 aromatic heterocycles. The molecule has 0 bridgehead atoms. The van der Waals surface area contributed by atoms with E-state index in [1.54, 1.807) is 14.0 Å². The fourth-order valence-corrected chi connectivity index (χ4v) is 0.764. The Hall–Kier alpha value is -1.12. The molecule has 1 rings (SSSR count). The molecule has 0 unspecified atom stereocenters. The second-order valence-electron chi connectivity index (χ2n) is 2.02. The van der Waals surface area contributed by atoms with Crippen LogP contribution in [-0.4, -0.2) is 12.0 Å². The molecule has 12 heavy (non-hydrogen) atoms. The van der Waals surface area contributed by atoms with Gasteiger partial charge in [-0.3, -0.25) is 0 Å². The summed E-state index contributed by atoms with van der Waals surface area (Å²) in [6.07, 6.45) is 1.44. The molecule has 0 aliphatic heterocycles. The standard InChI is InChI=1S/C7H9FN2.C2H6/c1-5-6(8)3-4-10-7(5)9-2;1-2/h3-4H,1-2H3,(H,9,10);1-2H3. The van der Waals surface area contributed by atoms with Gasteiger partial charge in [-0.15, -0.1) is 0 Å². The first-order valence-electron chi connectivity index (χ1n) is 4.04. The summed E-state index contributed by atoms with van der Waals surface area (Å²) < 4.78 is 12.7. The Morgan fingerprint density at radius 1 is 1.42 bits per heavy atom. The zero-order chi connectivity index (χ0) is 9.56. The number of anilines is 1. The van der Waals surface area contributed by atoms with Gasteiger partial charge < -0.3 is 5.32 Å². The van der Waals surface area contributed by atoms with Crippen LogP contribution in [0.25, 0.3) is 0 Å². The summed E-state index contributed by atoms with van der Waals surface area (Å²) in [4.78, 5) is 3.91. The predicted octanol–water partition coefficient (Wildman–Crippen LogP) is 2.60. The SMILES string of the molecule is CC.CNc1nccc(F)c1C. The van der Waals surface area contributed by atoms with Gasteiger partial charge in [-0.2, -0.15) is 0 Å². The van der Waals surface area contributed by atoms with Crippen LogP contribution < -0.4 is 5.32 Å². The first kappa shape index (κ1) is 10.9. The van der Waals surface area contributed by atoms with E-state index in [1.807, 2.05) is 13.8 Å². The number of nitrogens with zero attached hydrogens (tertiary/aromatic N) is 1. The summed E-state index contributed by atoms with van der Waals surface area (Å²) in [6, 6.07) is 1.34. The van der Waals surface area contributed by atoms with Crippen molar-refractivity contribution < 1.29 is 4.39 Å². The number of rotatable bonds is 1. The molecule has 0 aliphatic carbocycles. The van der Waals surface area contributed by atoms with E-state index in [0.717, 1.165) is 0 Å². The van der Waals surface area contributed by atoms with E-state index in [-0.39, 0.29) is 5.82 Å². The van der Waals surface area contributed by atoms with Crippen molar-refractivity contribution in [3.63, 3.8) is 0 Å². The van der Waals surface area contributed by atoms with E-state index in [1.165, 1.54) is 12.3 Å². The minimum Gasteiger partial charge on any atom is -0.373 e. The maximum absolute atomic E-state index is 12.7. The first-order chi connectivity index (χ1) is 5.75. The van der Waals surface area contributed by atoms with Crippen LogP contribution in [0.5, 0.6) is 0 Å². The van der Waals surface area contributed by atoms with Gasteiger partial charge in [0.2, 0.25) is 0 Å². The Kier molecular flexibility index (Phi) is 5.00. The number of hydrogen-bond acceptors (Lipinski definition) is 2. The zero-order valence-corrected chi connectivity index (χ0v) is 7.98. The Bertz CT molecular complexity index is 236. The Balaban J connectivity index is 0.000000561. The lowest BCUT2D eigenvalue weighted by molar-refractivity contribution is 0.617. The van der Waals surface area contributed by atoms with Gasteiger partial charge in [0.15, 0.2) is 0 Å². The van der Waals surface area contributed by atoms with Crippen LogP contribution in [-0.2, 0) is 0 Å². The summed E-state index contributed by atoms with van der Waals surface area (Å²) in [7, 11) is 1.72. The summed E-state index contributed by atoms with van der Waals surface area (Å²) in [6.45, 7) is 5.69. The minimum absolute atomic E-state index is 0.223. The van der Waals surface area contributed by atoms with Gasteiger partial charge in [-0.25, -0.2) is 9.37 Å². The van der Waals surface area contributed by atoms with Gasteiger partial charge >= 0.3 is 0 Å². The maximum atomic E-state index is 12.7. The maximum Gasteiger partial charge on any atom is 0.131 e. The number of hydrogen-bond donors (Lipinski definition) is 1. The van der Waals surface area contributed by atoms with Crippen molar-refractivity contribution in [2.24, 2.45) is 0 Å². The quantitative estimate of drug-likeness (QED) is 0.700. The molecule has 0 amide bonds. The molecule has 3 heteroatoms. The Labute approximate surface area is 72.8 Å². The molecule has 2 nitrogen and oxygen atoms in total.